The van der Waals surface area contributed by atoms with Gasteiger partial charge in [0.15, 0.2) is 0 Å². The molecule has 66 heavy (non-hydrogen) atoms. The van der Waals surface area contributed by atoms with Gasteiger partial charge in [-0.2, -0.15) is 0 Å². The summed E-state index contributed by atoms with van der Waals surface area (Å²) < 4.78 is 0. The molecule has 0 saturated carbocycles. The SMILES string of the molecule is CC(=O)NCCSC(=O)[C@H](C)NC(=O)[C@@H](CC(C)C)NC(=O)[C@H](CC(=O)O)NC(=O)[C@@H](NC(=O)[C@@H](CC(C)C)NC(=O)[C@H](CC(C)C)NC(=O)[C@H](CCC(N)=O)NC(=O)C[C@@H](C)O)C(C)C. The lowest BCUT2D eigenvalue weighted by atomic mass is 9.98. The fraction of sp³-hybridized carbons (Fsp3) is 0.744. The van der Waals surface area contributed by atoms with Gasteiger partial charge in [-0.15, -0.1) is 0 Å². The summed E-state index contributed by atoms with van der Waals surface area (Å²) in [6.45, 7) is 18.2. The van der Waals surface area contributed by atoms with Crippen molar-refractivity contribution in [3.8, 4) is 0 Å². The summed E-state index contributed by atoms with van der Waals surface area (Å²) in [6, 6.07) is -9.15. The number of nitrogens with one attached hydrogen (secondary N) is 8. The van der Waals surface area contributed by atoms with Gasteiger partial charge in [0.05, 0.1) is 25.0 Å². The Hall–Kier alpha value is -5.32. The normalized spacial score (nSPS) is 14.9. The van der Waals surface area contributed by atoms with Crippen molar-refractivity contribution in [1.29, 1.82) is 0 Å². The summed E-state index contributed by atoms with van der Waals surface area (Å²) >= 11 is 0.890. The fourth-order valence-corrected chi connectivity index (χ4v) is 7.03. The van der Waals surface area contributed by atoms with Crippen LogP contribution in [0.15, 0.2) is 0 Å². The number of aliphatic carboxylic acids is 1. The molecule has 0 unspecified atom stereocenters. The zero-order valence-electron chi connectivity index (χ0n) is 40.2. The number of primary amides is 1. The van der Waals surface area contributed by atoms with Crippen LogP contribution in [0.2, 0.25) is 0 Å². The summed E-state index contributed by atoms with van der Waals surface area (Å²) in [5.41, 5.74) is 5.28. The molecule has 23 heteroatoms. The first-order valence-corrected chi connectivity index (χ1v) is 23.2. The molecule has 12 N–H and O–H groups in total. The lowest BCUT2D eigenvalue weighted by Gasteiger charge is -2.29. The molecule has 0 saturated heterocycles. The van der Waals surface area contributed by atoms with Crippen LogP contribution >= 0.6 is 11.8 Å². The van der Waals surface area contributed by atoms with Gasteiger partial charge in [0.1, 0.15) is 36.3 Å². The molecule has 22 nitrogen and oxygen atoms in total. The van der Waals surface area contributed by atoms with Crippen LogP contribution in [0, 0.1) is 23.7 Å². The van der Waals surface area contributed by atoms with Gasteiger partial charge in [0, 0.05) is 25.6 Å². The largest absolute Gasteiger partial charge is 0.481 e. The van der Waals surface area contributed by atoms with E-state index in [2.05, 4.69) is 42.5 Å². The van der Waals surface area contributed by atoms with Gasteiger partial charge >= 0.3 is 5.97 Å². The van der Waals surface area contributed by atoms with Crippen LogP contribution in [-0.4, -0.2) is 135 Å². The lowest BCUT2D eigenvalue weighted by molar-refractivity contribution is -0.141. The predicted molar refractivity (Wildman–Crippen MR) is 246 cm³/mol. The highest BCUT2D eigenvalue weighted by Crippen LogP contribution is 2.13. The van der Waals surface area contributed by atoms with E-state index in [1.54, 1.807) is 55.4 Å². The zero-order valence-corrected chi connectivity index (χ0v) is 41.0. The van der Waals surface area contributed by atoms with E-state index in [1.807, 2.05) is 0 Å². The van der Waals surface area contributed by atoms with E-state index in [-0.39, 0.29) is 74.5 Å². The van der Waals surface area contributed by atoms with E-state index < -0.39 is 119 Å². The molecule has 0 aromatic carbocycles. The number of nitrogens with two attached hydrogens (primary N) is 1. The summed E-state index contributed by atoms with van der Waals surface area (Å²) in [5.74, 6) is -9.18. The average molecular weight is 958 g/mol. The maximum absolute atomic E-state index is 14.0. The summed E-state index contributed by atoms with van der Waals surface area (Å²) in [6.07, 6.45) is -2.53. The van der Waals surface area contributed by atoms with Gasteiger partial charge in [0.25, 0.3) is 0 Å². The maximum atomic E-state index is 14.0. The highest BCUT2D eigenvalue weighted by molar-refractivity contribution is 8.13. The van der Waals surface area contributed by atoms with Crippen molar-refractivity contribution >= 4 is 76.0 Å². The molecule has 0 aromatic heterocycles. The summed E-state index contributed by atoms with van der Waals surface area (Å²) in [4.78, 5) is 142. The molecule has 0 radical (unpaired) electrons. The van der Waals surface area contributed by atoms with Crippen LogP contribution in [-0.2, 0) is 52.7 Å². The predicted octanol–water partition coefficient (Wildman–Crippen LogP) is -0.899. The number of hydrogen-bond acceptors (Lipinski definition) is 13. The van der Waals surface area contributed by atoms with Crippen molar-refractivity contribution < 1.29 is 63.0 Å². The monoisotopic (exact) mass is 958 g/mol. The van der Waals surface area contributed by atoms with Crippen LogP contribution in [0.3, 0.4) is 0 Å². The Balaban J connectivity index is 6.34. The molecule has 0 aromatic rings. The zero-order chi connectivity index (χ0) is 51.0. The van der Waals surface area contributed by atoms with Gasteiger partial charge in [-0.05, 0) is 63.2 Å². The first-order chi connectivity index (χ1) is 30.5. The summed E-state index contributed by atoms with van der Waals surface area (Å²) in [7, 11) is 0. The molecular formula is C43H75N9O13S. The Bertz CT molecular complexity index is 1690. The number of hydrogen-bond donors (Lipinski definition) is 11. The van der Waals surface area contributed by atoms with Gasteiger partial charge in [0.2, 0.25) is 58.3 Å². The molecule has 0 spiro atoms. The van der Waals surface area contributed by atoms with Gasteiger partial charge in [-0.1, -0.05) is 67.2 Å². The second-order valence-corrected chi connectivity index (χ2v) is 19.1. The van der Waals surface area contributed by atoms with E-state index in [4.69, 9.17) is 5.73 Å². The molecule has 376 valence electrons. The number of carboxylic acid groups (broad SMARTS) is 1. The molecule has 0 fully saturated rings. The van der Waals surface area contributed by atoms with Crippen molar-refractivity contribution in [3.05, 3.63) is 0 Å². The van der Waals surface area contributed by atoms with Crippen molar-refractivity contribution in [2.75, 3.05) is 12.3 Å². The molecule has 0 aliphatic carbocycles. The Morgan fingerprint density at radius 2 is 0.970 bits per heavy atom. The molecule has 9 amide bonds. The van der Waals surface area contributed by atoms with Gasteiger partial charge in [-0.3, -0.25) is 52.7 Å². The molecule has 0 rings (SSSR count). The highest BCUT2D eigenvalue weighted by atomic mass is 32.2. The third-order valence-corrected chi connectivity index (χ3v) is 10.6. The topological polar surface area (TPSA) is 350 Å². The van der Waals surface area contributed by atoms with E-state index in [0.717, 1.165) is 11.8 Å². The first-order valence-electron chi connectivity index (χ1n) is 22.2. The average Bonchev–Trinajstić information content (AvgIpc) is 3.17. The van der Waals surface area contributed by atoms with E-state index in [9.17, 15) is 63.0 Å². The number of aliphatic hydroxyl groups excluding tert-OH is 1. The van der Waals surface area contributed by atoms with Crippen LogP contribution in [0.25, 0.3) is 0 Å². The second kappa shape index (κ2) is 30.8. The smallest absolute Gasteiger partial charge is 0.305 e. The molecule has 0 heterocycles. The number of aliphatic hydroxyl groups is 1. The van der Waals surface area contributed by atoms with Crippen molar-refractivity contribution in [2.45, 2.75) is 170 Å². The van der Waals surface area contributed by atoms with Gasteiger partial charge < -0.3 is 58.5 Å². The first kappa shape index (κ1) is 60.7. The van der Waals surface area contributed by atoms with Crippen molar-refractivity contribution in [2.24, 2.45) is 29.4 Å². The number of carbonyl (C=O) groups is 11. The standard InChI is InChI=1S/C43H75N9O13S/c1-21(2)16-29(38(60)46-26(10)43(65)66-15-14-45-27(11)54)49-40(62)32(20-35(57)58)51-42(64)36(24(7)8)52-41(63)31(18-23(5)6)50-39(61)30(17-22(3)4)48-37(59)28(12-13-33(44)55)47-34(56)19-25(9)53/h21-26,28-32,36,53H,12-20H2,1-11H3,(H2,44,55)(H,45,54)(H,46,60)(H,47,56)(H,48,59)(H,49,62)(H,50,61)(H,51,64)(H,52,63)(H,57,58)/t25-,26+,28+,29-,30+,31-,32+,36+/m1/s1. The third kappa shape index (κ3) is 26.0. The Morgan fingerprint density at radius 3 is 1.38 bits per heavy atom. The van der Waals surface area contributed by atoms with Crippen molar-refractivity contribution in [1.82, 2.24) is 42.5 Å². The molecule has 0 bridgehead atoms. The Kier molecular flexibility index (Phi) is 28.3. The van der Waals surface area contributed by atoms with Crippen LogP contribution in [0.4, 0.5) is 0 Å². The fourth-order valence-electron chi connectivity index (χ4n) is 6.31. The number of carbonyl (C=O) groups excluding carboxylic acids is 10. The number of amides is 9. The second-order valence-electron chi connectivity index (χ2n) is 18.0. The number of rotatable bonds is 31. The molecule has 0 aliphatic rings. The number of thioether (sulfide) groups is 1. The van der Waals surface area contributed by atoms with Crippen LogP contribution in [0.5, 0.6) is 0 Å². The number of carboxylic acids is 1. The Labute approximate surface area is 391 Å². The van der Waals surface area contributed by atoms with Crippen molar-refractivity contribution in [3.63, 3.8) is 0 Å². The van der Waals surface area contributed by atoms with E-state index >= 15 is 0 Å². The molecular weight excluding hydrogens is 883 g/mol. The summed E-state index contributed by atoms with van der Waals surface area (Å²) in [5, 5.41) is 39.3. The molecule has 0 aliphatic heterocycles. The highest BCUT2D eigenvalue weighted by Gasteiger charge is 2.36. The lowest BCUT2D eigenvalue weighted by Crippen LogP contribution is -2.61. The van der Waals surface area contributed by atoms with Crippen LogP contribution < -0.4 is 48.3 Å². The Morgan fingerprint density at radius 1 is 0.545 bits per heavy atom. The molecule has 8 atom stereocenters. The van der Waals surface area contributed by atoms with Gasteiger partial charge in [-0.25, -0.2) is 0 Å². The minimum absolute atomic E-state index is 0.0618. The maximum Gasteiger partial charge on any atom is 0.305 e. The van der Waals surface area contributed by atoms with E-state index in [1.165, 1.54) is 20.8 Å². The quantitative estimate of drug-likeness (QED) is 0.0376. The third-order valence-electron chi connectivity index (χ3n) is 9.52. The minimum Gasteiger partial charge on any atom is -0.481 e. The minimum atomic E-state index is -1.73. The van der Waals surface area contributed by atoms with E-state index in [0.29, 0.717) is 0 Å². The van der Waals surface area contributed by atoms with Crippen LogP contribution in [0.1, 0.15) is 121 Å².